The molecule has 2 aromatic rings. The molecule has 1 amide bonds. The third kappa shape index (κ3) is 7.33. The highest BCUT2D eigenvalue weighted by molar-refractivity contribution is 7.89. The minimum absolute atomic E-state index is 0.132. The van der Waals surface area contributed by atoms with Crippen LogP contribution in [0.15, 0.2) is 47.4 Å². The van der Waals surface area contributed by atoms with Crippen molar-refractivity contribution in [2.45, 2.75) is 94.0 Å². The van der Waals surface area contributed by atoms with E-state index in [1.54, 1.807) is 0 Å². The summed E-state index contributed by atoms with van der Waals surface area (Å²) in [5.41, 5.74) is 2.49. The van der Waals surface area contributed by atoms with Gasteiger partial charge in [-0.15, -0.1) is 0 Å². The van der Waals surface area contributed by atoms with E-state index < -0.39 is 32.7 Å². The van der Waals surface area contributed by atoms with E-state index in [0.29, 0.717) is 12.1 Å². The summed E-state index contributed by atoms with van der Waals surface area (Å²) in [6.07, 6.45) is 2.93. The lowest BCUT2D eigenvalue weighted by molar-refractivity contribution is -0.137. The number of hydrogen-bond acceptors (Lipinski definition) is 4. The molecular weight excluding hydrogens is 503 g/mol. The lowest BCUT2D eigenvalue weighted by Crippen LogP contribution is -2.39. The minimum Gasteiger partial charge on any atom is -0.349 e. The molecule has 2 aromatic carbocycles. The molecule has 0 saturated heterocycles. The molecule has 10 heteroatoms. The van der Waals surface area contributed by atoms with Crippen LogP contribution in [-0.4, -0.2) is 26.4 Å². The number of hydrogen-bond donors (Lipinski definition) is 3. The number of alkyl halides is 3. The highest BCUT2D eigenvalue weighted by Gasteiger charge is 2.32. The van der Waals surface area contributed by atoms with Gasteiger partial charge in [0.1, 0.15) is 0 Å². The van der Waals surface area contributed by atoms with Crippen molar-refractivity contribution < 1.29 is 26.4 Å². The van der Waals surface area contributed by atoms with Crippen molar-refractivity contribution in [2.75, 3.05) is 0 Å². The molecule has 2 aliphatic carbocycles. The van der Waals surface area contributed by atoms with Gasteiger partial charge in [0.2, 0.25) is 15.9 Å². The Bertz CT molecular complexity index is 1210. The zero-order valence-electron chi connectivity index (χ0n) is 20.9. The second kappa shape index (κ2) is 11.5. The molecule has 6 nitrogen and oxygen atoms in total. The lowest BCUT2D eigenvalue weighted by Gasteiger charge is -2.27. The van der Waals surface area contributed by atoms with E-state index in [0.717, 1.165) is 49.6 Å². The predicted molar refractivity (Wildman–Crippen MR) is 135 cm³/mol. The van der Waals surface area contributed by atoms with Crippen LogP contribution in [0, 0.1) is 0 Å². The van der Waals surface area contributed by atoms with Gasteiger partial charge in [0.05, 0.1) is 16.5 Å². The number of nitrogens with one attached hydrogen (secondary N) is 3. The first-order chi connectivity index (χ1) is 17.5. The zero-order chi connectivity index (χ0) is 26.6. The van der Waals surface area contributed by atoms with Crippen LogP contribution in [-0.2, 0) is 34.0 Å². The van der Waals surface area contributed by atoms with Crippen LogP contribution in [0.25, 0.3) is 0 Å². The number of carbonyl (C=O) groups excluding carboxylic acids is 1. The molecule has 202 valence electrons. The summed E-state index contributed by atoms with van der Waals surface area (Å²) in [4.78, 5) is 12.3. The van der Waals surface area contributed by atoms with E-state index in [2.05, 4.69) is 33.6 Å². The van der Waals surface area contributed by atoms with Gasteiger partial charge in [0.15, 0.2) is 0 Å². The van der Waals surface area contributed by atoms with Crippen molar-refractivity contribution in [2.24, 2.45) is 0 Å². The van der Waals surface area contributed by atoms with E-state index in [4.69, 9.17) is 0 Å². The van der Waals surface area contributed by atoms with Crippen molar-refractivity contribution in [3.8, 4) is 0 Å². The Morgan fingerprint density at radius 3 is 2.54 bits per heavy atom. The van der Waals surface area contributed by atoms with Crippen molar-refractivity contribution in [3.63, 3.8) is 0 Å². The fourth-order valence-corrected chi connectivity index (χ4v) is 6.55. The third-order valence-corrected chi connectivity index (χ3v) is 8.71. The van der Waals surface area contributed by atoms with Gasteiger partial charge in [0.25, 0.3) is 0 Å². The molecule has 0 spiro atoms. The Hall–Kier alpha value is -2.43. The Kier molecular flexibility index (Phi) is 8.60. The van der Waals surface area contributed by atoms with E-state index >= 15 is 0 Å². The first kappa shape index (κ1) is 27.6. The normalized spacial score (nSPS) is 19.4. The maximum Gasteiger partial charge on any atom is 0.416 e. The Morgan fingerprint density at radius 2 is 1.81 bits per heavy atom. The summed E-state index contributed by atoms with van der Waals surface area (Å²) in [5.74, 6) is -0.316. The van der Waals surface area contributed by atoms with Crippen LogP contribution in [0.1, 0.15) is 80.2 Å². The molecule has 0 unspecified atom stereocenters. The number of fused-ring (bicyclic) bond motifs is 1. The maximum atomic E-state index is 13.0. The smallest absolute Gasteiger partial charge is 0.349 e. The van der Waals surface area contributed by atoms with Gasteiger partial charge in [-0.05, 0) is 73.9 Å². The van der Waals surface area contributed by atoms with E-state index in [1.807, 2.05) is 0 Å². The predicted octanol–water partition coefficient (Wildman–Crippen LogP) is 4.99. The molecule has 0 aliphatic heterocycles. The fourth-order valence-electron chi connectivity index (χ4n) is 5.27. The molecule has 2 aliphatic rings. The molecular formula is C27H34F3N3O3S. The van der Waals surface area contributed by atoms with E-state index in [9.17, 15) is 26.4 Å². The van der Waals surface area contributed by atoms with Crippen LogP contribution < -0.4 is 15.4 Å². The molecule has 37 heavy (non-hydrogen) atoms. The maximum absolute atomic E-state index is 13.0. The fraction of sp³-hybridized carbons (Fsp3) is 0.519. The monoisotopic (exact) mass is 537 g/mol. The van der Waals surface area contributed by atoms with Crippen molar-refractivity contribution in [1.29, 1.82) is 0 Å². The second-order valence-electron chi connectivity index (χ2n) is 10.2. The number of aryl methyl sites for hydroxylation is 1. The van der Waals surface area contributed by atoms with Crippen molar-refractivity contribution >= 4 is 15.9 Å². The van der Waals surface area contributed by atoms with Crippen molar-refractivity contribution in [1.82, 2.24) is 15.4 Å². The molecule has 4 rings (SSSR count). The van der Waals surface area contributed by atoms with Gasteiger partial charge in [-0.2, -0.15) is 13.2 Å². The summed E-state index contributed by atoms with van der Waals surface area (Å²) in [6, 6.07) is 9.57. The Balaban J connectivity index is 1.33. The Morgan fingerprint density at radius 1 is 1.05 bits per heavy atom. The standard InChI is InChI=1S/C27H34F3N3O3S/c1-18(33-37(35,36)23-10-5-7-21(16-23)27(28,29)30)14-26(34)32-25-11-4-6-20-15-19(12-13-24(20)25)17-31-22-8-2-3-9-22/h5,7,10,12-13,15-16,18,22,25,31,33H,2-4,6,8-9,11,14,17H2,1H3,(H,32,34)/t18-,25+/m0/s1. The Labute approximate surface area is 216 Å². The molecule has 1 fully saturated rings. The molecule has 0 aromatic heterocycles. The van der Waals surface area contributed by atoms with Crippen LogP contribution in [0.5, 0.6) is 0 Å². The summed E-state index contributed by atoms with van der Waals surface area (Å²) in [5, 5.41) is 6.65. The number of carbonyl (C=O) groups is 1. The average molecular weight is 538 g/mol. The summed E-state index contributed by atoms with van der Waals surface area (Å²) in [6.45, 7) is 2.35. The van der Waals surface area contributed by atoms with E-state index in [-0.39, 0.29) is 18.4 Å². The van der Waals surface area contributed by atoms with Crippen molar-refractivity contribution in [3.05, 3.63) is 64.7 Å². The van der Waals surface area contributed by atoms with Gasteiger partial charge < -0.3 is 10.6 Å². The molecule has 0 heterocycles. The van der Waals surface area contributed by atoms with Crippen LogP contribution >= 0.6 is 0 Å². The number of benzene rings is 2. The lowest BCUT2D eigenvalue weighted by atomic mass is 9.86. The second-order valence-corrected chi connectivity index (χ2v) is 11.9. The SMILES string of the molecule is C[C@@H](CC(=O)N[C@@H]1CCCc2cc(CNC3CCCC3)ccc21)NS(=O)(=O)c1cccc(C(F)(F)F)c1. The van der Waals surface area contributed by atoms with Crippen LogP contribution in [0.4, 0.5) is 13.2 Å². The number of rotatable bonds is 9. The summed E-state index contributed by atoms with van der Waals surface area (Å²) < 4.78 is 66.5. The van der Waals surface area contributed by atoms with Crippen LogP contribution in [0.3, 0.4) is 0 Å². The minimum atomic E-state index is -4.65. The first-order valence-electron chi connectivity index (χ1n) is 12.9. The first-order valence-corrected chi connectivity index (χ1v) is 14.3. The third-order valence-electron chi connectivity index (χ3n) is 7.13. The highest BCUT2D eigenvalue weighted by atomic mass is 32.2. The molecule has 1 saturated carbocycles. The quantitative estimate of drug-likeness (QED) is 0.421. The zero-order valence-corrected chi connectivity index (χ0v) is 21.7. The summed E-state index contributed by atoms with van der Waals surface area (Å²) >= 11 is 0. The number of sulfonamides is 1. The van der Waals surface area contributed by atoms with Gasteiger partial charge in [-0.1, -0.05) is 37.1 Å². The van der Waals surface area contributed by atoms with Gasteiger partial charge in [0, 0.05) is 25.0 Å². The van der Waals surface area contributed by atoms with Gasteiger partial charge in [-0.3, -0.25) is 4.79 Å². The molecule has 3 N–H and O–H groups in total. The average Bonchev–Trinajstić information content (AvgIpc) is 3.35. The molecule has 0 radical (unpaired) electrons. The molecule has 0 bridgehead atoms. The number of amides is 1. The molecule has 2 atom stereocenters. The summed E-state index contributed by atoms with van der Waals surface area (Å²) in [7, 11) is -4.22. The van der Waals surface area contributed by atoms with Crippen LogP contribution in [0.2, 0.25) is 0 Å². The van der Waals surface area contributed by atoms with E-state index in [1.165, 1.54) is 43.7 Å². The number of halogens is 3. The van der Waals surface area contributed by atoms with Gasteiger partial charge >= 0.3 is 6.18 Å². The highest BCUT2D eigenvalue weighted by Crippen LogP contribution is 2.32. The topological polar surface area (TPSA) is 87.3 Å². The largest absolute Gasteiger partial charge is 0.416 e. The van der Waals surface area contributed by atoms with Gasteiger partial charge in [-0.25, -0.2) is 13.1 Å².